The molecule has 0 fully saturated rings. The van der Waals surface area contributed by atoms with Crippen molar-refractivity contribution in [2.75, 3.05) is 0 Å². The number of pyridine rings is 1. The highest BCUT2D eigenvalue weighted by atomic mass is 16.4. The van der Waals surface area contributed by atoms with Crippen LogP contribution in [0.4, 0.5) is 0 Å². The molecule has 9 nitrogen and oxygen atoms in total. The van der Waals surface area contributed by atoms with Gasteiger partial charge in [0.25, 0.3) is 8.05 Å². The van der Waals surface area contributed by atoms with Crippen molar-refractivity contribution < 1.29 is 29.6 Å². The maximum absolute atomic E-state index is 10.9. The Morgan fingerprint density at radius 2 is 1.86 bits per heavy atom. The number of carboxylic acid groups (broad SMARTS) is 2. The van der Waals surface area contributed by atoms with E-state index in [2.05, 4.69) is 9.98 Å². The third kappa shape index (κ3) is 10.2. The van der Waals surface area contributed by atoms with Gasteiger partial charge in [-0.05, 0) is 36.1 Å². The molecule has 0 spiro atoms. The number of aliphatic carboxylic acids is 2. The Morgan fingerprint density at radius 3 is 2.34 bits per heavy atom. The number of nitrogens with two attached hydrogens (primary N) is 1. The van der Waals surface area contributed by atoms with Crippen molar-refractivity contribution in [2.45, 2.75) is 38.8 Å². The minimum Gasteiger partial charge on any atom is -0.480 e. The van der Waals surface area contributed by atoms with E-state index in [4.69, 9.17) is 21.0 Å². The number of carbonyl (C=O) groups excluding carboxylic acids is 1. The zero-order valence-electron chi connectivity index (χ0n) is 16.6. The van der Waals surface area contributed by atoms with Gasteiger partial charge < -0.3 is 21.0 Å². The van der Waals surface area contributed by atoms with Gasteiger partial charge in [0.15, 0.2) is 6.04 Å². The molecule has 1 heterocycles. The standard InChI is InChI=1S/C13H10N2O3.C6H13NO2.BH3O/c16-8-15-12(13(17)18)7-9-3-4-11-10(6-9)2-1-5-14-11;1-4(2)3-5(7)6(8)9;1-2/h1-6,12H,7H2,(H,17,18);4-5H,3,7H2,1-2H3,(H,8,9);2H,1H2/t;5-;/m.0./s1. The third-order valence-electron chi connectivity index (χ3n) is 3.63. The van der Waals surface area contributed by atoms with E-state index >= 15 is 0 Å². The molecule has 2 atom stereocenters. The van der Waals surface area contributed by atoms with Crippen molar-refractivity contribution in [1.82, 2.24) is 4.98 Å². The summed E-state index contributed by atoms with van der Waals surface area (Å²) in [5, 5.41) is 25.1. The first-order chi connectivity index (χ1) is 13.7. The molecule has 0 aliphatic heterocycles. The molecule has 1 unspecified atom stereocenters. The first-order valence-electron chi connectivity index (χ1n) is 8.81. The van der Waals surface area contributed by atoms with E-state index in [0.29, 0.717) is 12.3 Å². The lowest BCUT2D eigenvalue weighted by Gasteiger charge is -2.07. The van der Waals surface area contributed by atoms with Crippen LogP contribution in [0.25, 0.3) is 10.9 Å². The van der Waals surface area contributed by atoms with Crippen molar-refractivity contribution in [1.29, 1.82) is 0 Å². The Kier molecular flexibility index (Phi) is 12.5. The Hall–Kier alpha value is -3.07. The molecule has 10 heteroatoms. The van der Waals surface area contributed by atoms with Gasteiger partial charge in [-0.25, -0.2) is 9.59 Å². The normalized spacial score (nSPS) is 11.8. The van der Waals surface area contributed by atoms with Gasteiger partial charge in [0, 0.05) is 18.0 Å². The zero-order valence-corrected chi connectivity index (χ0v) is 16.6. The largest absolute Gasteiger partial charge is 0.480 e. The highest BCUT2D eigenvalue weighted by molar-refractivity contribution is 5.95. The summed E-state index contributed by atoms with van der Waals surface area (Å²) in [5.41, 5.74) is 6.85. The van der Waals surface area contributed by atoms with Gasteiger partial charge >= 0.3 is 11.9 Å². The third-order valence-corrected chi connectivity index (χ3v) is 3.63. The fourth-order valence-corrected chi connectivity index (χ4v) is 2.34. The molecule has 0 aliphatic rings. The number of hydrogen-bond donors (Lipinski definition) is 4. The highest BCUT2D eigenvalue weighted by Crippen LogP contribution is 2.15. The molecule has 2 aromatic rings. The van der Waals surface area contributed by atoms with Gasteiger partial charge in [-0.3, -0.25) is 9.78 Å². The molecule has 0 aliphatic carbocycles. The van der Waals surface area contributed by atoms with Crippen LogP contribution in [0.2, 0.25) is 0 Å². The van der Waals surface area contributed by atoms with Crippen LogP contribution < -0.4 is 5.73 Å². The van der Waals surface area contributed by atoms with Crippen molar-refractivity contribution >= 4 is 37.0 Å². The number of aromatic nitrogens is 1. The first kappa shape index (κ1) is 25.9. The van der Waals surface area contributed by atoms with E-state index in [9.17, 15) is 14.4 Å². The number of aliphatic imine (C=N–C) groups is 1. The predicted octanol–water partition coefficient (Wildman–Crippen LogP) is 0.538. The molecule has 2 rings (SSSR count). The van der Waals surface area contributed by atoms with Crippen LogP contribution in [0.3, 0.4) is 0 Å². The number of rotatable bonds is 7. The molecule has 0 saturated carbocycles. The van der Waals surface area contributed by atoms with E-state index in [1.165, 1.54) is 6.08 Å². The summed E-state index contributed by atoms with van der Waals surface area (Å²) in [7, 11) is 1.00. The van der Waals surface area contributed by atoms with Crippen molar-refractivity contribution in [3.8, 4) is 0 Å². The second kappa shape index (κ2) is 14.0. The van der Waals surface area contributed by atoms with E-state index < -0.39 is 24.0 Å². The van der Waals surface area contributed by atoms with Crippen LogP contribution in [0.5, 0.6) is 0 Å². The van der Waals surface area contributed by atoms with Crippen LogP contribution >= 0.6 is 0 Å². The summed E-state index contributed by atoms with van der Waals surface area (Å²) in [5.74, 6) is -1.69. The fourth-order valence-electron chi connectivity index (χ4n) is 2.34. The minimum atomic E-state index is -1.13. The molecular formula is C19H26BN3O6. The number of carbonyl (C=O) groups is 2. The lowest BCUT2D eigenvalue weighted by atomic mass is 10.0. The summed E-state index contributed by atoms with van der Waals surface area (Å²) >= 11 is 0. The number of hydrogen-bond acceptors (Lipinski definition) is 7. The Labute approximate surface area is 169 Å². The number of fused-ring (bicyclic) bond motifs is 1. The molecule has 156 valence electrons. The van der Waals surface area contributed by atoms with Gasteiger partial charge in [-0.15, -0.1) is 0 Å². The van der Waals surface area contributed by atoms with Crippen LogP contribution in [0.1, 0.15) is 25.8 Å². The van der Waals surface area contributed by atoms with E-state index in [0.717, 1.165) is 24.5 Å². The summed E-state index contributed by atoms with van der Waals surface area (Å²) in [6.45, 7) is 3.89. The van der Waals surface area contributed by atoms with Crippen LogP contribution in [-0.2, 0) is 20.8 Å². The van der Waals surface area contributed by atoms with Crippen molar-refractivity contribution in [2.24, 2.45) is 16.6 Å². The lowest BCUT2D eigenvalue weighted by molar-refractivity contribution is -0.139. The van der Waals surface area contributed by atoms with Gasteiger partial charge in [0.05, 0.1) is 5.52 Å². The number of carboxylic acids is 2. The molecular weight excluding hydrogens is 377 g/mol. The monoisotopic (exact) mass is 403 g/mol. The predicted molar refractivity (Wildman–Crippen MR) is 111 cm³/mol. The maximum Gasteiger partial charge on any atom is 0.329 e. The van der Waals surface area contributed by atoms with Gasteiger partial charge in [0.1, 0.15) is 6.04 Å². The molecule has 1 aromatic heterocycles. The quantitative estimate of drug-likeness (QED) is 0.296. The van der Waals surface area contributed by atoms with E-state index in [1.807, 2.05) is 38.1 Å². The Morgan fingerprint density at radius 1 is 1.21 bits per heavy atom. The molecule has 5 N–H and O–H groups in total. The Bertz CT molecular complexity index is 838. The number of nitrogens with zero attached hydrogens (tertiary/aromatic N) is 2. The van der Waals surface area contributed by atoms with Crippen molar-refractivity contribution in [3.05, 3.63) is 42.1 Å². The van der Waals surface area contributed by atoms with E-state index in [1.54, 1.807) is 12.3 Å². The second-order valence-electron chi connectivity index (χ2n) is 6.38. The number of isocyanates is 1. The van der Waals surface area contributed by atoms with Crippen molar-refractivity contribution in [3.63, 3.8) is 0 Å². The highest BCUT2D eigenvalue weighted by Gasteiger charge is 2.16. The molecule has 29 heavy (non-hydrogen) atoms. The average molecular weight is 403 g/mol. The Balaban J connectivity index is 0.000000606. The smallest absolute Gasteiger partial charge is 0.329 e. The average Bonchev–Trinajstić information content (AvgIpc) is 2.69. The summed E-state index contributed by atoms with van der Waals surface area (Å²) in [6, 6.07) is 7.37. The molecule has 1 aromatic carbocycles. The summed E-state index contributed by atoms with van der Waals surface area (Å²) in [4.78, 5) is 38.6. The fraction of sp³-hybridized carbons (Fsp3) is 0.368. The maximum atomic E-state index is 10.9. The summed E-state index contributed by atoms with van der Waals surface area (Å²) in [6.07, 6.45) is 3.69. The van der Waals surface area contributed by atoms with Crippen LogP contribution in [0.15, 0.2) is 41.5 Å². The summed E-state index contributed by atoms with van der Waals surface area (Å²) < 4.78 is 0. The topological polar surface area (TPSA) is 163 Å². The number of benzene rings is 1. The molecule has 0 saturated heterocycles. The zero-order chi connectivity index (χ0) is 22.4. The molecule has 0 amide bonds. The van der Waals surface area contributed by atoms with Gasteiger partial charge in [-0.2, -0.15) is 4.99 Å². The SMILES string of the molecule is BO.CC(C)C[C@H](N)C(=O)O.O=C=NC(Cc1ccc2ncccc2c1)C(=O)O. The van der Waals surface area contributed by atoms with Gasteiger partial charge in [0.2, 0.25) is 6.08 Å². The lowest BCUT2D eigenvalue weighted by Crippen LogP contribution is -2.31. The second-order valence-corrected chi connectivity index (χ2v) is 6.38. The van der Waals surface area contributed by atoms with E-state index in [-0.39, 0.29) is 6.42 Å². The van der Waals surface area contributed by atoms with Crippen LogP contribution in [-0.4, -0.2) is 58.4 Å². The van der Waals surface area contributed by atoms with Crippen LogP contribution in [0, 0.1) is 5.92 Å². The first-order valence-corrected chi connectivity index (χ1v) is 8.81. The molecule has 0 bridgehead atoms. The van der Waals surface area contributed by atoms with Gasteiger partial charge in [-0.1, -0.05) is 26.0 Å². The minimum absolute atomic E-state index is 0.162. The molecule has 0 radical (unpaired) electrons.